The van der Waals surface area contributed by atoms with Gasteiger partial charge in [0, 0.05) is 0 Å². The molecule has 0 unspecified atom stereocenters. The molecular weight excluding hydrogens is 296 g/mol. The number of carbonyl (C=O) groups excluding carboxylic acids is 1. The van der Waals surface area contributed by atoms with E-state index in [-0.39, 0.29) is 0 Å². The van der Waals surface area contributed by atoms with Gasteiger partial charge < -0.3 is 0 Å². The summed E-state index contributed by atoms with van der Waals surface area (Å²) in [5, 5.41) is -1.18. The van der Waals surface area contributed by atoms with Crippen molar-refractivity contribution >= 4 is 16.9 Å². The molecule has 0 rings (SSSR count). The fourth-order valence-corrected chi connectivity index (χ4v) is 1.31. The van der Waals surface area contributed by atoms with Crippen LogP contribution in [0.4, 0.5) is 35.1 Å². The SMILES string of the molecule is C=CC(=O)SCC(F)(F)C(F)(F)C(F)(F)C(F)F. The number of hydrogen-bond donors (Lipinski definition) is 0. The lowest BCUT2D eigenvalue weighted by molar-refractivity contribution is -0.331. The van der Waals surface area contributed by atoms with Crippen molar-refractivity contribution in [2.45, 2.75) is 24.2 Å². The number of halogens is 8. The second-order valence-electron chi connectivity index (χ2n) is 3.01. The average molecular weight is 302 g/mol. The van der Waals surface area contributed by atoms with Crippen molar-refractivity contribution < 1.29 is 39.9 Å². The van der Waals surface area contributed by atoms with Crippen LogP contribution >= 0.6 is 11.8 Å². The minimum Gasteiger partial charge on any atom is -0.282 e. The van der Waals surface area contributed by atoms with Crippen LogP contribution in [0.15, 0.2) is 12.7 Å². The van der Waals surface area contributed by atoms with E-state index in [1.165, 1.54) is 0 Å². The summed E-state index contributed by atoms with van der Waals surface area (Å²) in [4.78, 5) is 10.5. The second-order valence-corrected chi connectivity index (χ2v) is 3.99. The molecule has 0 aliphatic rings. The Labute approximate surface area is 100 Å². The summed E-state index contributed by atoms with van der Waals surface area (Å²) in [6.07, 6.45) is -4.47. The van der Waals surface area contributed by atoms with Crippen molar-refractivity contribution in [1.29, 1.82) is 0 Å². The van der Waals surface area contributed by atoms with Gasteiger partial charge in [0.1, 0.15) is 0 Å². The third-order valence-corrected chi connectivity index (χ3v) is 2.67. The van der Waals surface area contributed by atoms with Crippen LogP contribution in [0.1, 0.15) is 0 Å². The molecule has 0 heterocycles. The molecule has 0 saturated carbocycles. The lowest BCUT2D eigenvalue weighted by Crippen LogP contribution is -2.58. The molecule has 0 atom stereocenters. The van der Waals surface area contributed by atoms with E-state index in [4.69, 9.17) is 0 Å². The van der Waals surface area contributed by atoms with E-state index in [0.717, 1.165) is 0 Å². The Morgan fingerprint density at radius 1 is 1.17 bits per heavy atom. The first kappa shape index (κ1) is 17.2. The molecule has 18 heavy (non-hydrogen) atoms. The van der Waals surface area contributed by atoms with Crippen molar-refractivity contribution in [2.75, 3.05) is 5.75 Å². The molecule has 106 valence electrons. The van der Waals surface area contributed by atoms with Crippen molar-refractivity contribution in [3.8, 4) is 0 Å². The lowest BCUT2D eigenvalue weighted by Gasteiger charge is -2.31. The fraction of sp³-hybridized carbons (Fsp3) is 0.625. The van der Waals surface area contributed by atoms with E-state index in [9.17, 15) is 39.9 Å². The summed E-state index contributed by atoms with van der Waals surface area (Å²) in [5.74, 6) is -20.0. The second kappa shape index (κ2) is 5.45. The van der Waals surface area contributed by atoms with Gasteiger partial charge in [-0.2, -0.15) is 26.3 Å². The van der Waals surface area contributed by atoms with Gasteiger partial charge in [0.2, 0.25) is 5.12 Å². The van der Waals surface area contributed by atoms with Crippen molar-refractivity contribution in [2.24, 2.45) is 0 Å². The maximum atomic E-state index is 12.8. The predicted octanol–water partition coefficient (Wildman–Crippen LogP) is 3.60. The highest BCUT2D eigenvalue weighted by Crippen LogP contribution is 2.49. The molecule has 10 heteroatoms. The van der Waals surface area contributed by atoms with Gasteiger partial charge in [0.15, 0.2) is 0 Å². The number of hydrogen-bond acceptors (Lipinski definition) is 2. The molecule has 0 bridgehead atoms. The topological polar surface area (TPSA) is 17.1 Å². The van der Waals surface area contributed by atoms with Gasteiger partial charge in [0.05, 0.1) is 5.75 Å². The van der Waals surface area contributed by atoms with E-state index in [1.54, 1.807) is 0 Å². The zero-order valence-corrected chi connectivity index (χ0v) is 9.23. The highest BCUT2D eigenvalue weighted by Gasteiger charge is 2.75. The van der Waals surface area contributed by atoms with Crippen LogP contribution in [-0.4, -0.2) is 35.1 Å². The minimum absolute atomic E-state index is 0.427. The normalized spacial score (nSPS) is 13.8. The van der Waals surface area contributed by atoms with Gasteiger partial charge in [0.25, 0.3) is 0 Å². The Morgan fingerprint density at radius 3 is 1.94 bits per heavy atom. The molecular formula is C8H6F8OS. The molecule has 0 radical (unpaired) electrons. The lowest BCUT2D eigenvalue weighted by atomic mass is 10.1. The number of thioether (sulfide) groups is 1. The fourth-order valence-electron chi connectivity index (χ4n) is 0.692. The monoisotopic (exact) mass is 302 g/mol. The number of rotatable bonds is 6. The van der Waals surface area contributed by atoms with Gasteiger partial charge in [-0.25, -0.2) is 8.78 Å². The summed E-state index contributed by atoms with van der Waals surface area (Å²) in [5.41, 5.74) is 0. The van der Waals surface area contributed by atoms with Crippen LogP contribution in [0.2, 0.25) is 0 Å². The van der Waals surface area contributed by atoms with Crippen LogP contribution in [0.3, 0.4) is 0 Å². The first-order valence-electron chi connectivity index (χ1n) is 4.11. The molecule has 0 saturated heterocycles. The van der Waals surface area contributed by atoms with Gasteiger partial charge >= 0.3 is 24.2 Å². The summed E-state index contributed by atoms with van der Waals surface area (Å²) in [6, 6.07) is 0. The molecule has 0 aliphatic carbocycles. The van der Waals surface area contributed by atoms with Gasteiger partial charge in [-0.15, -0.1) is 0 Å². The summed E-state index contributed by atoms with van der Waals surface area (Å²) >= 11 is -0.427. The maximum Gasteiger partial charge on any atom is 0.378 e. The van der Waals surface area contributed by atoms with E-state index >= 15 is 0 Å². The van der Waals surface area contributed by atoms with Crippen LogP contribution in [0.5, 0.6) is 0 Å². The van der Waals surface area contributed by atoms with E-state index in [1.807, 2.05) is 0 Å². The zero-order chi connectivity index (χ0) is 14.8. The van der Waals surface area contributed by atoms with Crippen molar-refractivity contribution in [3.63, 3.8) is 0 Å². The molecule has 0 aromatic carbocycles. The van der Waals surface area contributed by atoms with Crippen LogP contribution < -0.4 is 0 Å². The quantitative estimate of drug-likeness (QED) is 0.551. The highest BCUT2D eigenvalue weighted by molar-refractivity contribution is 8.14. The molecule has 0 aromatic heterocycles. The number of alkyl halides is 8. The summed E-state index contributed by atoms with van der Waals surface area (Å²) < 4.78 is 98.8. The predicted molar refractivity (Wildman–Crippen MR) is 48.5 cm³/mol. The largest absolute Gasteiger partial charge is 0.378 e. The van der Waals surface area contributed by atoms with Gasteiger partial charge in [-0.05, 0) is 6.08 Å². The number of carbonyl (C=O) groups is 1. The van der Waals surface area contributed by atoms with Gasteiger partial charge in [-0.1, -0.05) is 18.3 Å². The Bertz CT molecular complexity index is 327. The Balaban J connectivity index is 5.07. The first-order valence-corrected chi connectivity index (χ1v) is 5.09. The highest BCUT2D eigenvalue weighted by atomic mass is 32.2. The maximum absolute atomic E-state index is 12.8. The zero-order valence-electron chi connectivity index (χ0n) is 8.41. The molecule has 0 N–H and O–H groups in total. The van der Waals surface area contributed by atoms with Gasteiger partial charge in [-0.3, -0.25) is 4.79 Å². The Hall–Kier alpha value is -0.800. The first-order chi connectivity index (χ1) is 7.90. The molecule has 1 nitrogen and oxygen atoms in total. The minimum atomic E-state index is -6.28. The van der Waals surface area contributed by atoms with Crippen molar-refractivity contribution in [3.05, 3.63) is 12.7 Å². The van der Waals surface area contributed by atoms with Crippen LogP contribution in [0.25, 0.3) is 0 Å². The Kier molecular flexibility index (Phi) is 5.21. The van der Waals surface area contributed by atoms with E-state index < -0.39 is 46.8 Å². The third kappa shape index (κ3) is 3.15. The summed E-state index contributed by atoms with van der Waals surface area (Å²) in [7, 11) is 0. The van der Waals surface area contributed by atoms with E-state index in [2.05, 4.69) is 6.58 Å². The summed E-state index contributed by atoms with van der Waals surface area (Å²) in [6.45, 7) is 2.83. The molecule has 0 spiro atoms. The Morgan fingerprint density at radius 2 is 1.61 bits per heavy atom. The third-order valence-electron chi connectivity index (χ3n) is 1.71. The molecule has 0 aliphatic heterocycles. The average Bonchev–Trinajstić information content (AvgIpc) is 2.25. The molecule has 0 fully saturated rings. The standard InChI is InChI=1S/C8H6F8OS/c1-2-4(17)18-3-6(11,12)8(15,16)7(13,14)5(9)10/h2,5H,1,3H2. The smallest absolute Gasteiger partial charge is 0.282 e. The molecule has 0 aromatic rings. The van der Waals surface area contributed by atoms with Crippen LogP contribution in [0, 0.1) is 0 Å². The van der Waals surface area contributed by atoms with Crippen molar-refractivity contribution in [1.82, 2.24) is 0 Å². The molecule has 0 amide bonds. The van der Waals surface area contributed by atoms with Crippen LogP contribution in [-0.2, 0) is 4.79 Å². The van der Waals surface area contributed by atoms with E-state index in [0.29, 0.717) is 6.08 Å².